The highest BCUT2D eigenvalue weighted by Gasteiger charge is 2.29. The van der Waals surface area contributed by atoms with Crippen LogP contribution in [-0.2, 0) is 4.79 Å². The molecule has 1 amide bonds. The first-order chi connectivity index (χ1) is 17.0. The van der Waals surface area contributed by atoms with Crippen LogP contribution in [-0.4, -0.2) is 61.7 Å². The van der Waals surface area contributed by atoms with Gasteiger partial charge < -0.3 is 20.0 Å². The number of anilines is 2. The van der Waals surface area contributed by atoms with Gasteiger partial charge in [-0.3, -0.25) is 4.79 Å². The monoisotopic (exact) mass is 472 g/mol. The number of nitrogens with zero attached hydrogens (tertiary/aromatic N) is 7. The number of hydrogen-bond donors (Lipinski definition) is 1. The van der Waals surface area contributed by atoms with E-state index in [0.717, 1.165) is 19.5 Å². The van der Waals surface area contributed by atoms with Crippen molar-refractivity contribution < 1.29 is 13.6 Å². The van der Waals surface area contributed by atoms with Crippen LogP contribution in [0, 0.1) is 17.7 Å². The highest BCUT2D eigenvalue weighted by molar-refractivity contribution is 5.91. The zero-order valence-electron chi connectivity index (χ0n) is 18.7. The summed E-state index contributed by atoms with van der Waals surface area (Å²) in [6.07, 6.45) is 4.45. The summed E-state index contributed by atoms with van der Waals surface area (Å²) in [4.78, 5) is 28.6. The molecule has 2 aliphatic rings. The van der Waals surface area contributed by atoms with Gasteiger partial charge in [0, 0.05) is 32.2 Å². The normalized spacial score (nSPS) is 17.5. The Hall–Kier alpha value is -4.46. The van der Waals surface area contributed by atoms with Crippen LogP contribution in [0.5, 0.6) is 0 Å². The summed E-state index contributed by atoms with van der Waals surface area (Å²) in [6.45, 7) is 6.36. The molecule has 1 atom stereocenters. The summed E-state index contributed by atoms with van der Waals surface area (Å²) in [7, 11) is 0. The topological polar surface area (TPSA) is 119 Å². The van der Waals surface area contributed by atoms with Crippen molar-refractivity contribution in [2.75, 3.05) is 36.8 Å². The van der Waals surface area contributed by atoms with Gasteiger partial charge in [0.1, 0.15) is 29.2 Å². The van der Waals surface area contributed by atoms with Crippen LogP contribution >= 0.6 is 0 Å². The molecular weight excluding hydrogens is 451 g/mol. The number of nitrogen functional groups attached to an aromatic ring is 1. The number of rotatable bonds is 3. The van der Waals surface area contributed by atoms with Gasteiger partial charge in [0.2, 0.25) is 5.91 Å². The molecule has 0 spiro atoms. The Labute approximate surface area is 199 Å². The number of hydrogen-bond acceptors (Lipinski definition) is 8. The Balaban J connectivity index is 1.38. The fourth-order valence-corrected chi connectivity index (χ4v) is 4.41. The smallest absolute Gasteiger partial charge is 0.298 e. The second-order valence-electron chi connectivity index (χ2n) is 8.57. The number of halogens is 1. The molecule has 2 fully saturated rings. The molecule has 2 aliphatic heterocycles. The van der Waals surface area contributed by atoms with Crippen LogP contribution in [0.1, 0.15) is 30.1 Å². The first-order valence-corrected chi connectivity index (χ1v) is 11.3. The van der Waals surface area contributed by atoms with E-state index >= 15 is 0 Å². The van der Waals surface area contributed by atoms with Crippen LogP contribution in [0.15, 0.2) is 35.5 Å². The zero-order chi connectivity index (χ0) is 24.1. The molecule has 5 heterocycles. The van der Waals surface area contributed by atoms with Crippen molar-refractivity contribution in [1.82, 2.24) is 29.6 Å². The van der Waals surface area contributed by atoms with Gasteiger partial charge in [-0.15, -0.1) is 0 Å². The molecule has 0 bridgehead atoms. The van der Waals surface area contributed by atoms with E-state index in [-0.39, 0.29) is 23.3 Å². The lowest BCUT2D eigenvalue weighted by Crippen LogP contribution is -2.37. The summed E-state index contributed by atoms with van der Waals surface area (Å²) in [6, 6.07) is 3.26. The Morgan fingerprint density at radius 2 is 2.11 bits per heavy atom. The highest BCUT2D eigenvalue weighted by atomic mass is 19.1. The standard InChI is InChI=1S/C24H21FN8O2/c1-2-20(34)32-9-6-15(12-32)33-23-21(22(26)27-13-28-23)17(30-33)5-4-14-10-18-19(11-16(14)25)35-24(29-18)31-7-3-8-31/h2,10-11,13,15H,1,3,6-9,12H2,(H2,26,27,28)/t15-/m0/s1. The summed E-state index contributed by atoms with van der Waals surface area (Å²) < 4.78 is 22.2. The van der Waals surface area contributed by atoms with Crippen LogP contribution in [0.4, 0.5) is 16.2 Å². The third-order valence-electron chi connectivity index (χ3n) is 6.42. The second kappa shape index (κ2) is 8.09. The minimum Gasteiger partial charge on any atom is -0.423 e. The number of carbonyl (C=O) groups excluding carboxylic acids is 1. The van der Waals surface area contributed by atoms with Gasteiger partial charge in [-0.05, 0) is 30.9 Å². The molecule has 35 heavy (non-hydrogen) atoms. The summed E-state index contributed by atoms with van der Waals surface area (Å²) in [5.41, 5.74) is 8.08. The van der Waals surface area contributed by atoms with E-state index in [0.29, 0.717) is 53.4 Å². The van der Waals surface area contributed by atoms with E-state index in [1.54, 1.807) is 15.6 Å². The number of carbonyl (C=O) groups is 1. The average Bonchev–Trinajstić information content (AvgIpc) is 3.53. The van der Waals surface area contributed by atoms with Gasteiger partial charge in [-0.25, -0.2) is 19.0 Å². The third-order valence-corrected chi connectivity index (χ3v) is 6.42. The number of amides is 1. The molecule has 10 nitrogen and oxygen atoms in total. The highest BCUT2D eigenvalue weighted by Crippen LogP contribution is 2.29. The van der Waals surface area contributed by atoms with Crippen molar-refractivity contribution in [1.29, 1.82) is 0 Å². The first-order valence-electron chi connectivity index (χ1n) is 11.3. The van der Waals surface area contributed by atoms with Gasteiger partial charge in [0.25, 0.3) is 6.01 Å². The molecule has 11 heteroatoms. The number of oxazole rings is 1. The molecule has 3 aromatic heterocycles. The van der Waals surface area contributed by atoms with Crippen molar-refractivity contribution in [3.63, 3.8) is 0 Å². The number of likely N-dealkylation sites (tertiary alicyclic amines) is 1. The summed E-state index contributed by atoms with van der Waals surface area (Å²) in [5, 5.41) is 5.14. The van der Waals surface area contributed by atoms with Crippen LogP contribution in [0.2, 0.25) is 0 Å². The van der Waals surface area contributed by atoms with E-state index in [4.69, 9.17) is 10.2 Å². The van der Waals surface area contributed by atoms with E-state index in [2.05, 4.69) is 38.5 Å². The first kappa shape index (κ1) is 21.1. The van der Waals surface area contributed by atoms with Crippen molar-refractivity contribution in [2.45, 2.75) is 18.9 Å². The number of nitrogens with two attached hydrogens (primary N) is 1. The van der Waals surface area contributed by atoms with Crippen molar-refractivity contribution in [3.8, 4) is 11.8 Å². The van der Waals surface area contributed by atoms with Gasteiger partial charge >= 0.3 is 0 Å². The van der Waals surface area contributed by atoms with Gasteiger partial charge in [0.15, 0.2) is 11.2 Å². The molecule has 6 rings (SSSR count). The Morgan fingerprint density at radius 1 is 1.26 bits per heavy atom. The largest absolute Gasteiger partial charge is 0.423 e. The van der Waals surface area contributed by atoms with Crippen LogP contribution in [0.25, 0.3) is 22.1 Å². The Kier molecular flexibility index (Phi) is 4.88. The molecule has 2 saturated heterocycles. The molecule has 1 aromatic carbocycles. The number of aromatic nitrogens is 5. The fraction of sp³-hybridized carbons (Fsp3) is 0.292. The summed E-state index contributed by atoms with van der Waals surface area (Å²) in [5.74, 6) is 5.39. The van der Waals surface area contributed by atoms with E-state index in [1.165, 1.54) is 18.5 Å². The molecular formula is C24H21FN8O2. The number of benzene rings is 1. The van der Waals surface area contributed by atoms with Crippen LogP contribution < -0.4 is 10.6 Å². The quantitative estimate of drug-likeness (QED) is 0.356. The molecule has 0 radical (unpaired) electrons. The average molecular weight is 472 g/mol. The fourth-order valence-electron chi connectivity index (χ4n) is 4.41. The van der Waals surface area contributed by atoms with Gasteiger partial charge in [0.05, 0.1) is 17.0 Å². The maximum atomic E-state index is 14.8. The second-order valence-corrected chi connectivity index (χ2v) is 8.57. The lowest BCUT2D eigenvalue weighted by Gasteiger charge is -2.28. The lowest BCUT2D eigenvalue weighted by atomic mass is 10.2. The Bertz CT molecular complexity index is 1560. The van der Waals surface area contributed by atoms with E-state index in [9.17, 15) is 9.18 Å². The van der Waals surface area contributed by atoms with Gasteiger partial charge in [-0.2, -0.15) is 10.1 Å². The van der Waals surface area contributed by atoms with Crippen molar-refractivity contribution in [2.24, 2.45) is 0 Å². The predicted molar refractivity (Wildman–Crippen MR) is 127 cm³/mol. The van der Waals surface area contributed by atoms with Crippen LogP contribution in [0.3, 0.4) is 0 Å². The molecule has 0 unspecified atom stereocenters. The molecule has 176 valence electrons. The predicted octanol–water partition coefficient (Wildman–Crippen LogP) is 2.26. The number of fused-ring (bicyclic) bond motifs is 2. The molecule has 2 N–H and O–H groups in total. The van der Waals surface area contributed by atoms with Crippen molar-refractivity contribution in [3.05, 3.63) is 48.2 Å². The van der Waals surface area contributed by atoms with E-state index < -0.39 is 5.82 Å². The third kappa shape index (κ3) is 3.54. The maximum Gasteiger partial charge on any atom is 0.298 e. The maximum absolute atomic E-state index is 14.8. The minimum atomic E-state index is -0.515. The zero-order valence-corrected chi connectivity index (χ0v) is 18.7. The van der Waals surface area contributed by atoms with Crippen molar-refractivity contribution >= 4 is 39.9 Å². The summed E-state index contributed by atoms with van der Waals surface area (Å²) >= 11 is 0. The minimum absolute atomic E-state index is 0.102. The van der Waals surface area contributed by atoms with E-state index in [1.807, 2.05) is 4.90 Å². The lowest BCUT2D eigenvalue weighted by molar-refractivity contribution is -0.125. The molecule has 4 aromatic rings. The van der Waals surface area contributed by atoms with Gasteiger partial charge in [-0.1, -0.05) is 12.5 Å². The Morgan fingerprint density at radius 3 is 2.89 bits per heavy atom. The molecule has 0 aliphatic carbocycles. The molecule has 0 saturated carbocycles. The SMILES string of the molecule is C=CC(=O)N1CC[C@H](n2nc(C#Cc3cc4nc(N5CCC5)oc4cc3F)c3c(N)ncnc32)C1.